The first kappa shape index (κ1) is 15.9. The van der Waals surface area contributed by atoms with Crippen LogP contribution in [0.15, 0.2) is 54.6 Å². The van der Waals surface area contributed by atoms with Gasteiger partial charge in [0.25, 0.3) is 0 Å². The van der Waals surface area contributed by atoms with Crippen molar-refractivity contribution in [2.24, 2.45) is 0 Å². The van der Waals surface area contributed by atoms with E-state index < -0.39 is 0 Å². The van der Waals surface area contributed by atoms with Gasteiger partial charge in [-0.3, -0.25) is 0 Å². The van der Waals surface area contributed by atoms with Crippen molar-refractivity contribution in [1.82, 2.24) is 0 Å². The molecule has 0 atom stereocenters. The van der Waals surface area contributed by atoms with E-state index in [1.165, 1.54) is 65.8 Å². The lowest BCUT2D eigenvalue weighted by atomic mass is 10.0. The molecule has 3 rings (SSSR count). The number of unbranched alkanes of at least 4 members (excludes halogenated alkanes) is 5. The molecule has 0 heterocycles. The molecule has 1 N–H and O–H groups in total. The fourth-order valence-electron chi connectivity index (χ4n) is 3.25. The Morgan fingerprint density at radius 3 is 2.22 bits per heavy atom. The Balaban J connectivity index is 1.67. The third kappa shape index (κ3) is 4.04. The molecule has 3 aromatic carbocycles. The molecular weight excluding hydrogens is 278 g/mol. The second-order valence-electron chi connectivity index (χ2n) is 6.42. The highest BCUT2D eigenvalue weighted by molar-refractivity contribution is 6.03. The van der Waals surface area contributed by atoms with E-state index in [0.29, 0.717) is 0 Å². The lowest BCUT2D eigenvalue weighted by Crippen LogP contribution is -2.01. The SMILES string of the molecule is CCCCCCCCNc1cccc2cc3ccccc3cc12. The number of nitrogens with one attached hydrogen (secondary N) is 1. The largest absolute Gasteiger partial charge is 0.385 e. The van der Waals surface area contributed by atoms with Crippen LogP contribution in [0, 0.1) is 0 Å². The normalized spacial score (nSPS) is 11.2. The lowest BCUT2D eigenvalue weighted by molar-refractivity contribution is 0.617. The Kier molecular flexibility index (Phi) is 5.52. The van der Waals surface area contributed by atoms with Crippen LogP contribution in [0.3, 0.4) is 0 Å². The van der Waals surface area contributed by atoms with Crippen LogP contribution in [-0.2, 0) is 0 Å². The minimum atomic E-state index is 1.07. The smallest absolute Gasteiger partial charge is 0.0420 e. The van der Waals surface area contributed by atoms with Crippen LogP contribution in [0.2, 0.25) is 0 Å². The molecule has 0 amide bonds. The third-order valence-corrected chi connectivity index (χ3v) is 4.59. The summed E-state index contributed by atoms with van der Waals surface area (Å²) in [5.41, 5.74) is 1.27. The molecule has 0 fully saturated rings. The molecule has 0 spiro atoms. The molecule has 0 aliphatic rings. The predicted molar refractivity (Wildman–Crippen MR) is 103 cm³/mol. The zero-order valence-corrected chi connectivity index (χ0v) is 14.1. The van der Waals surface area contributed by atoms with E-state index in [4.69, 9.17) is 0 Å². The van der Waals surface area contributed by atoms with E-state index in [1.54, 1.807) is 0 Å². The Morgan fingerprint density at radius 2 is 1.39 bits per heavy atom. The molecule has 0 unspecified atom stereocenters. The lowest BCUT2D eigenvalue weighted by Gasteiger charge is -2.11. The molecule has 0 saturated heterocycles. The number of anilines is 1. The van der Waals surface area contributed by atoms with E-state index in [1.807, 2.05) is 0 Å². The Hall–Kier alpha value is -2.02. The zero-order chi connectivity index (χ0) is 15.9. The van der Waals surface area contributed by atoms with Gasteiger partial charge in [0.2, 0.25) is 0 Å². The van der Waals surface area contributed by atoms with Crippen molar-refractivity contribution in [3.05, 3.63) is 54.6 Å². The summed E-state index contributed by atoms with van der Waals surface area (Å²) in [4.78, 5) is 0. The van der Waals surface area contributed by atoms with E-state index in [0.717, 1.165) is 6.54 Å². The average Bonchev–Trinajstić information content (AvgIpc) is 2.59. The van der Waals surface area contributed by atoms with Crippen LogP contribution < -0.4 is 5.32 Å². The first-order chi connectivity index (χ1) is 11.4. The summed E-state index contributed by atoms with van der Waals surface area (Å²) >= 11 is 0. The van der Waals surface area contributed by atoms with Gasteiger partial charge in [0, 0.05) is 17.6 Å². The van der Waals surface area contributed by atoms with Crippen molar-refractivity contribution in [3.63, 3.8) is 0 Å². The molecule has 0 aromatic heterocycles. The fourth-order valence-corrected chi connectivity index (χ4v) is 3.25. The molecule has 0 radical (unpaired) electrons. The third-order valence-electron chi connectivity index (χ3n) is 4.59. The topological polar surface area (TPSA) is 12.0 Å². The number of fused-ring (bicyclic) bond motifs is 2. The zero-order valence-electron chi connectivity index (χ0n) is 14.1. The van der Waals surface area contributed by atoms with Crippen molar-refractivity contribution in [3.8, 4) is 0 Å². The molecular formula is C22H27N. The van der Waals surface area contributed by atoms with Crippen LogP contribution in [-0.4, -0.2) is 6.54 Å². The van der Waals surface area contributed by atoms with Gasteiger partial charge in [0.15, 0.2) is 0 Å². The summed E-state index contributed by atoms with van der Waals surface area (Å²) in [5.74, 6) is 0. The van der Waals surface area contributed by atoms with Crippen LogP contribution in [0.4, 0.5) is 5.69 Å². The van der Waals surface area contributed by atoms with E-state index in [-0.39, 0.29) is 0 Å². The molecule has 3 aromatic rings. The second-order valence-corrected chi connectivity index (χ2v) is 6.42. The second kappa shape index (κ2) is 8.01. The molecule has 23 heavy (non-hydrogen) atoms. The Labute approximate surface area is 139 Å². The van der Waals surface area contributed by atoms with Crippen molar-refractivity contribution in [2.75, 3.05) is 11.9 Å². The first-order valence-electron chi connectivity index (χ1n) is 9.04. The van der Waals surface area contributed by atoms with Gasteiger partial charge in [-0.2, -0.15) is 0 Å². The highest BCUT2D eigenvalue weighted by atomic mass is 14.9. The molecule has 0 aliphatic heterocycles. The van der Waals surface area contributed by atoms with Gasteiger partial charge in [-0.1, -0.05) is 75.4 Å². The minimum Gasteiger partial charge on any atom is -0.385 e. The molecule has 1 nitrogen and oxygen atoms in total. The molecule has 0 saturated carbocycles. The highest BCUT2D eigenvalue weighted by Gasteiger charge is 2.02. The van der Waals surface area contributed by atoms with E-state index in [9.17, 15) is 0 Å². The summed E-state index contributed by atoms with van der Waals surface area (Å²) in [5, 5.41) is 8.92. The first-order valence-corrected chi connectivity index (χ1v) is 9.04. The summed E-state index contributed by atoms with van der Waals surface area (Å²) < 4.78 is 0. The van der Waals surface area contributed by atoms with Crippen LogP contribution in [0.25, 0.3) is 21.5 Å². The monoisotopic (exact) mass is 305 g/mol. The summed E-state index contributed by atoms with van der Waals surface area (Å²) in [6.45, 7) is 3.34. The van der Waals surface area contributed by atoms with E-state index >= 15 is 0 Å². The molecule has 1 heteroatoms. The average molecular weight is 305 g/mol. The van der Waals surface area contributed by atoms with Gasteiger partial charge >= 0.3 is 0 Å². The Morgan fingerprint density at radius 1 is 0.696 bits per heavy atom. The maximum Gasteiger partial charge on any atom is 0.0420 e. The van der Waals surface area contributed by atoms with Gasteiger partial charge in [0.1, 0.15) is 0 Å². The van der Waals surface area contributed by atoms with Crippen molar-refractivity contribution >= 4 is 27.2 Å². The standard InChI is InChI=1S/C22H27N/c1-2-3-4-5-6-9-15-23-22-14-10-13-20-16-18-11-7-8-12-19(18)17-21(20)22/h7-8,10-14,16-17,23H,2-6,9,15H2,1H3. The van der Waals surface area contributed by atoms with Gasteiger partial charge in [-0.25, -0.2) is 0 Å². The Bertz CT molecular complexity index is 760. The van der Waals surface area contributed by atoms with Crippen LogP contribution in [0.5, 0.6) is 0 Å². The van der Waals surface area contributed by atoms with Crippen LogP contribution >= 0.6 is 0 Å². The number of hydrogen-bond donors (Lipinski definition) is 1. The minimum absolute atomic E-state index is 1.07. The summed E-state index contributed by atoms with van der Waals surface area (Å²) in [6, 6.07) is 19.8. The fraction of sp³-hybridized carbons (Fsp3) is 0.364. The van der Waals surface area contributed by atoms with Crippen LogP contribution in [0.1, 0.15) is 45.4 Å². The van der Waals surface area contributed by atoms with Gasteiger partial charge in [-0.05, 0) is 40.8 Å². The van der Waals surface area contributed by atoms with Crippen molar-refractivity contribution in [1.29, 1.82) is 0 Å². The van der Waals surface area contributed by atoms with Gasteiger partial charge in [-0.15, -0.1) is 0 Å². The van der Waals surface area contributed by atoms with E-state index in [2.05, 4.69) is 66.8 Å². The molecule has 0 aliphatic carbocycles. The van der Waals surface area contributed by atoms with Gasteiger partial charge in [0.05, 0.1) is 0 Å². The molecule has 0 bridgehead atoms. The maximum absolute atomic E-state index is 3.64. The maximum atomic E-state index is 3.64. The van der Waals surface area contributed by atoms with Crippen molar-refractivity contribution in [2.45, 2.75) is 45.4 Å². The van der Waals surface area contributed by atoms with Crippen molar-refractivity contribution < 1.29 is 0 Å². The number of hydrogen-bond acceptors (Lipinski definition) is 1. The van der Waals surface area contributed by atoms with Gasteiger partial charge < -0.3 is 5.32 Å². The number of rotatable bonds is 8. The predicted octanol–water partition coefficient (Wildman–Crippen LogP) is 6.77. The molecule has 120 valence electrons. The summed E-state index contributed by atoms with van der Waals surface area (Å²) in [7, 11) is 0. The highest BCUT2D eigenvalue weighted by Crippen LogP contribution is 2.28. The quantitative estimate of drug-likeness (QED) is 0.358. The number of benzene rings is 3. The summed E-state index contributed by atoms with van der Waals surface area (Å²) in [6.07, 6.45) is 8.05.